The summed E-state index contributed by atoms with van der Waals surface area (Å²) in [6, 6.07) is 22.0. The van der Waals surface area contributed by atoms with Crippen molar-refractivity contribution in [2.75, 3.05) is 0 Å². The van der Waals surface area contributed by atoms with Gasteiger partial charge in [0.05, 0.1) is 16.7 Å². The fourth-order valence-electron chi connectivity index (χ4n) is 3.64. The van der Waals surface area contributed by atoms with Crippen molar-refractivity contribution in [2.45, 2.75) is 13.3 Å². The quantitative estimate of drug-likeness (QED) is 0.313. The van der Waals surface area contributed by atoms with Crippen LogP contribution in [-0.2, 0) is 6.42 Å². The smallest absolute Gasteiger partial charge is 0.102 e. The Bertz CT molecular complexity index is 1340. The van der Waals surface area contributed by atoms with E-state index in [1.54, 1.807) is 0 Å². The largest absolute Gasteiger partial charge is 0.255 e. The second kappa shape index (κ2) is 7.18. The van der Waals surface area contributed by atoms with Gasteiger partial charge in [-0.1, -0.05) is 54.4 Å². The molecular formula is C24H17Cl2N3. The molecule has 5 aromatic rings. The lowest BCUT2D eigenvalue weighted by atomic mass is 10.0. The number of halogens is 2. The van der Waals surface area contributed by atoms with Gasteiger partial charge in [0.15, 0.2) is 0 Å². The predicted molar refractivity (Wildman–Crippen MR) is 121 cm³/mol. The second-order valence-corrected chi connectivity index (χ2v) is 7.84. The van der Waals surface area contributed by atoms with Gasteiger partial charge >= 0.3 is 0 Å². The predicted octanol–water partition coefficient (Wildman–Crippen LogP) is 7.11. The summed E-state index contributed by atoms with van der Waals surface area (Å²) in [5.74, 6) is 0. The van der Waals surface area contributed by atoms with E-state index < -0.39 is 0 Å². The van der Waals surface area contributed by atoms with E-state index in [0.29, 0.717) is 10.0 Å². The number of hydrogen-bond donors (Lipinski definition) is 0. The summed E-state index contributed by atoms with van der Waals surface area (Å²) in [4.78, 5) is 4.66. The highest BCUT2D eigenvalue weighted by Gasteiger charge is 2.17. The van der Waals surface area contributed by atoms with E-state index in [1.165, 1.54) is 5.56 Å². The summed E-state index contributed by atoms with van der Waals surface area (Å²) in [6.07, 6.45) is 2.90. The molecule has 142 valence electrons. The lowest BCUT2D eigenvalue weighted by molar-refractivity contribution is 0.917. The molecule has 0 radical (unpaired) electrons. The van der Waals surface area contributed by atoms with Crippen LogP contribution < -0.4 is 0 Å². The monoisotopic (exact) mass is 417 g/mol. The van der Waals surface area contributed by atoms with E-state index in [9.17, 15) is 0 Å². The average Bonchev–Trinajstić information content (AvgIpc) is 3.14. The van der Waals surface area contributed by atoms with Crippen molar-refractivity contribution in [2.24, 2.45) is 0 Å². The zero-order valence-corrected chi connectivity index (χ0v) is 17.2. The highest BCUT2D eigenvalue weighted by molar-refractivity contribution is 6.32. The standard InChI is InChI=1S/C24H17Cl2N3/c1-2-15-3-5-16(6-4-15)23-21-14-27-22-12-9-18(26)13-20(22)24(21)29(28-23)19-10-7-17(25)8-11-19/h3-14H,2H2,1H3. The number of nitrogens with zero attached hydrogens (tertiary/aromatic N) is 3. The van der Waals surface area contributed by atoms with Gasteiger partial charge in [0, 0.05) is 32.6 Å². The molecule has 0 fully saturated rings. The normalized spacial score (nSPS) is 11.4. The molecule has 0 aliphatic rings. The third kappa shape index (κ3) is 3.17. The van der Waals surface area contributed by atoms with Gasteiger partial charge in [0.2, 0.25) is 0 Å². The van der Waals surface area contributed by atoms with Gasteiger partial charge in [0.25, 0.3) is 0 Å². The average molecular weight is 418 g/mol. The Morgan fingerprint density at radius 2 is 1.55 bits per heavy atom. The number of pyridine rings is 1. The zero-order chi connectivity index (χ0) is 20.0. The molecule has 0 saturated carbocycles. The number of hydrogen-bond acceptors (Lipinski definition) is 2. The molecule has 5 heteroatoms. The summed E-state index contributed by atoms with van der Waals surface area (Å²) in [5, 5.41) is 8.30. The van der Waals surface area contributed by atoms with Crippen LogP contribution in [0.25, 0.3) is 38.8 Å². The molecule has 0 N–H and O–H groups in total. The van der Waals surface area contributed by atoms with Crippen LogP contribution in [0, 0.1) is 0 Å². The third-order valence-corrected chi connectivity index (χ3v) is 5.66. The van der Waals surface area contributed by atoms with Gasteiger partial charge in [-0.2, -0.15) is 5.10 Å². The highest BCUT2D eigenvalue weighted by atomic mass is 35.5. The topological polar surface area (TPSA) is 30.7 Å². The molecule has 0 atom stereocenters. The van der Waals surface area contributed by atoms with Gasteiger partial charge in [-0.25, -0.2) is 4.68 Å². The molecule has 0 unspecified atom stereocenters. The van der Waals surface area contributed by atoms with Crippen molar-refractivity contribution in [1.82, 2.24) is 14.8 Å². The van der Waals surface area contributed by atoms with Crippen molar-refractivity contribution >= 4 is 45.0 Å². The first kappa shape index (κ1) is 18.2. The van der Waals surface area contributed by atoms with E-state index in [2.05, 4.69) is 36.2 Å². The summed E-state index contributed by atoms with van der Waals surface area (Å²) >= 11 is 12.4. The highest BCUT2D eigenvalue weighted by Crippen LogP contribution is 2.34. The minimum absolute atomic E-state index is 0.671. The Hall–Kier alpha value is -2.88. The van der Waals surface area contributed by atoms with Crippen LogP contribution in [0.1, 0.15) is 12.5 Å². The van der Waals surface area contributed by atoms with Crippen LogP contribution in [0.3, 0.4) is 0 Å². The first-order valence-corrected chi connectivity index (χ1v) is 10.2. The van der Waals surface area contributed by atoms with E-state index >= 15 is 0 Å². The van der Waals surface area contributed by atoms with Crippen molar-refractivity contribution < 1.29 is 0 Å². The fourth-order valence-corrected chi connectivity index (χ4v) is 3.93. The Morgan fingerprint density at radius 1 is 0.828 bits per heavy atom. The Morgan fingerprint density at radius 3 is 2.28 bits per heavy atom. The lowest BCUT2D eigenvalue weighted by Crippen LogP contribution is -1.97. The molecule has 0 aliphatic heterocycles. The summed E-state index contributed by atoms with van der Waals surface area (Å²) in [6.45, 7) is 2.15. The Labute approximate surface area is 178 Å². The fraction of sp³-hybridized carbons (Fsp3) is 0.0833. The molecule has 3 nitrogen and oxygen atoms in total. The zero-order valence-electron chi connectivity index (χ0n) is 15.7. The summed E-state index contributed by atoms with van der Waals surface area (Å²) in [7, 11) is 0. The van der Waals surface area contributed by atoms with Gasteiger partial charge in [-0.3, -0.25) is 4.98 Å². The molecular weight excluding hydrogens is 401 g/mol. The molecule has 0 bridgehead atoms. The van der Waals surface area contributed by atoms with Crippen LogP contribution in [-0.4, -0.2) is 14.8 Å². The third-order valence-electron chi connectivity index (χ3n) is 5.18. The number of benzene rings is 3. The van der Waals surface area contributed by atoms with Gasteiger partial charge < -0.3 is 0 Å². The molecule has 5 rings (SSSR count). The van der Waals surface area contributed by atoms with E-state index in [0.717, 1.165) is 45.2 Å². The Kier molecular flexibility index (Phi) is 4.50. The van der Waals surface area contributed by atoms with Crippen LogP contribution in [0.2, 0.25) is 10.0 Å². The van der Waals surface area contributed by atoms with Gasteiger partial charge in [0.1, 0.15) is 5.69 Å². The molecule has 0 amide bonds. The molecule has 29 heavy (non-hydrogen) atoms. The van der Waals surface area contributed by atoms with Gasteiger partial charge in [-0.15, -0.1) is 0 Å². The van der Waals surface area contributed by atoms with E-state index in [1.807, 2.05) is 53.3 Å². The van der Waals surface area contributed by atoms with Crippen molar-refractivity contribution in [3.63, 3.8) is 0 Å². The van der Waals surface area contributed by atoms with Crippen molar-refractivity contribution in [1.29, 1.82) is 0 Å². The molecule has 2 aromatic heterocycles. The lowest BCUT2D eigenvalue weighted by Gasteiger charge is -2.06. The van der Waals surface area contributed by atoms with Crippen LogP contribution >= 0.6 is 23.2 Å². The summed E-state index contributed by atoms with van der Waals surface area (Å²) in [5.41, 5.74) is 6.04. The molecule has 3 aromatic carbocycles. The van der Waals surface area contributed by atoms with Crippen molar-refractivity contribution in [3.05, 3.63) is 88.5 Å². The van der Waals surface area contributed by atoms with Crippen LogP contribution in [0.5, 0.6) is 0 Å². The number of aryl methyl sites for hydroxylation is 1. The first-order valence-electron chi connectivity index (χ1n) is 9.46. The van der Waals surface area contributed by atoms with E-state index in [-0.39, 0.29) is 0 Å². The second-order valence-electron chi connectivity index (χ2n) is 6.97. The van der Waals surface area contributed by atoms with E-state index in [4.69, 9.17) is 28.3 Å². The minimum Gasteiger partial charge on any atom is -0.255 e. The molecule has 0 spiro atoms. The van der Waals surface area contributed by atoms with Crippen LogP contribution in [0.15, 0.2) is 72.9 Å². The van der Waals surface area contributed by atoms with Gasteiger partial charge in [-0.05, 0) is 54.4 Å². The number of rotatable bonds is 3. The SMILES string of the molecule is CCc1ccc(-c2nn(-c3ccc(Cl)cc3)c3c2cnc2ccc(Cl)cc23)cc1. The maximum absolute atomic E-state index is 6.32. The molecule has 2 heterocycles. The number of aromatic nitrogens is 3. The molecule has 0 saturated heterocycles. The number of fused-ring (bicyclic) bond motifs is 3. The molecule has 0 aliphatic carbocycles. The minimum atomic E-state index is 0.671. The maximum Gasteiger partial charge on any atom is 0.102 e. The summed E-state index contributed by atoms with van der Waals surface area (Å²) < 4.78 is 1.95. The first-order chi connectivity index (χ1) is 14.1. The van der Waals surface area contributed by atoms with Crippen molar-refractivity contribution in [3.8, 4) is 16.9 Å². The maximum atomic E-state index is 6.32. The van der Waals surface area contributed by atoms with Crippen LogP contribution in [0.4, 0.5) is 0 Å². The Balaban J connectivity index is 1.86.